The molecule has 0 bridgehead atoms. The van der Waals surface area contributed by atoms with Crippen LogP contribution in [0.15, 0.2) is 18.2 Å². The molecule has 2 atom stereocenters. The molecule has 5 heteroatoms. The maximum Gasteiger partial charge on any atom is 0.257 e. The highest BCUT2D eigenvalue weighted by Crippen LogP contribution is 2.38. The van der Waals surface area contributed by atoms with Gasteiger partial charge in [0.1, 0.15) is 6.04 Å². The molecule has 0 radical (unpaired) electrons. The molecular formula is C13H13ClN2O2. The van der Waals surface area contributed by atoms with Gasteiger partial charge in [-0.3, -0.25) is 4.79 Å². The van der Waals surface area contributed by atoms with Gasteiger partial charge < -0.3 is 10.0 Å². The van der Waals surface area contributed by atoms with E-state index in [2.05, 4.69) is 6.07 Å². The first kappa shape index (κ1) is 12.9. The minimum Gasteiger partial charge on any atom is -0.394 e. The van der Waals surface area contributed by atoms with Gasteiger partial charge in [-0.1, -0.05) is 30.7 Å². The van der Waals surface area contributed by atoms with Crippen LogP contribution in [-0.4, -0.2) is 28.6 Å². The summed E-state index contributed by atoms with van der Waals surface area (Å²) in [7, 11) is 0. The highest BCUT2D eigenvalue weighted by atomic mass is 35.5. The second-order valence-corrected chi connectivity index (χ2v) is 4.60. The van der Waals surface area contributed by atoms with E-state index in [1.165, 1.54) is 4.90 Å². The predicted octanol–water partition coefficient (Wildman–Crippen LogP) is 2.13. The highest BCUT2D eigenvalue weighted by molar-refractivity contribution is 6.34. The zero-order valence-corrected chi connectivity index (χ0v) is 10.7. The van der Waals surface area contributed by atoms with Crippen molar-refractivity contribution >= 4 is 17.5 Å². The fourth-order valence-electron chi connectivity index (χ4n) is 2.31. The van der Waals surface area contributed by atoms with Crippen LogP contribution in [0.5, 0.6) is 0 Å². The molecule has 0 saturated carbocycles. The summed E-state index contributed by atoms with van der Waals surface area (Å²) in [5.41, 5.74) is 1.01. The van der Waals surface area contributed by atoms with Crippen molar-refractivity contribution < 1.29 is 9.90 Å². The van der Waals surface area contributed by atoms with Crippen LogP contribution in [0, 0.1) is 11.3 Å². The van der Waals surface area contributed by atoms with Gasteiger partial charge in [0, 0.05) is 5.56 Å². The Balaban J connectivity index is 2.53. The Bertz CT molecular complexity index is 520. The molecule has 2 unspecified atom stereocenters. The molecule has 0 spiro atoms. The molecule has 0 saturated heterocycles. The minimum atomic E-state index is -0.664. The number of nitrogens with zero attached hydrogens (tertiary/aromatic N) is 2. The molecule has 1 heterocycles. The maximum atomic E-state index is 12.3. The van der Waals surface area contributed by atoms with E-state index in [0.717, 1.165) is 0 Å². The second kappa shape index (κ2) is 4.97. The van der Waals surface area contributed by atoms with Crippen LogP contribution < -0.4 is 0 Å². The average molecular weight is 265 g/mol. The van der Waals surface area contributed by atoms with E-state index in [0.29, 0.717) is 22.6 Å². The number of amides is 1. The lowest BCUT2D eigenvalue weighted by atomic mass is 10.1. The number of halogens is 1. The van der Waals surface area contributed by atoms with Crippen LogP contribution in [0.1, 0.15) is 35.3 Å². The van der Waals surface area contributed by atoms with Crippen LogP contribution in [0.25, 0.3) is 0 Å². The normalized spacial score (nSPS) is 19.6. The van der Waals surface area contributed by atoms with Crippen LogP contribution in [-0.2, 0) is 0 Å². The third-order valence-electron chi connectivity index (χ3n) is 3.26. The Labute approximate surface area is 110 Å². The first-order chi connectivity index (χ1) is 8.65. The molecule has 1 aliphatic rings. The van der Waals surface area contributed by atoms with Crippen molar-refractivity contribution in [2.45, 2.75) is 25.4 Å². The summed E-state index contributed by atoms with van der Waals surface area (Å²) in [5, 5.41) is 18.9. The third kappa shape index (κ3) is 1.76. The van der Waals surface area contributed by atoms with Gasteiger partial charge in [0.15, 0.2) is 0 Å². The van der Waals surface area contributed by atoms with Crippen molar-refractivity contribution in [1.29, 1.82) is 5.26 Å². The Morgan fingerprint density at radius 3 is 2.89 bits per heavy atom. The van der Waals surface area contributed by atoms with Crippen molar-refractivity contribution in [2.24, 2.45) is 0 Å². The summed E-state index contributed by atoms with van der Waals surface area (Å²) in [6.45, 7) is 1.71. The fraction of sp³-hybridized carbons (Fsp3) is 0.385. The van der Waals surface area contributed by atoms with Crippen LogP contribution in [0.2, 0.25) is 5.02 Å². The zero-order chi connectivity index (χ0) is 13.3. The molecule has 1 aromatic rings. The molecule has 4 nitrogen and oxygen atoms in total. The van der Waals surface area contributed by atoms with E-state index in [4.69, 9.17) is 11.6 Å². The van der Waals surface area contributed by atoms with Gasteiger partial charge in [-0.15, -0.1) is 0 Å². The summed E-state index contributed by atoms with van der Waals surface area (Å²) in [6.07, 6.45) is 0.589. The quantitative estimate of drug-likeness (QED) is 0.910. The number of aliphatic hydroxyl groups is 1. The van der Waals surface area contributed by atoms with Gasteiger partial charge in [0.2, 0.25) is 0 Å². The highest BCUT2D eigenvalue weighted by Gasteiger charge is 2.41. The standard InChI is InChI=1S/C13H13ClN2O2/c1-2-8(7-17)16-11(6-15)9-4-3-5-10(14)12(9)13(16)18/h3-5,8,11,17H,2,7H2,1H3. The SMILES string of the molecule is CCC(CO)N1C(=O)c2c(Cl)cccc2C1C#N. The molecule has 0 fully saturated rings. The van der Waals surface area contributed by atoms with Crippen molar-refractivity contribution in [1.82, 2.24) is 4.90 Å². The van der Waals surface area contributed by atoms with Crippen molar-refractivity contribution in [2.75, 3.05) is 6.61 Å². The first-order valence-corrected chi connectivity index (χ1v) is 6.15. The number of nitriles is 1. The third-order valence-corrected chi connectivity index (χ3v) is 3.58. The summed E-state index contributed by atoms with van der Waals surface area (Å²) >= 11 is 6.02. The lowest BCUT2D eigenvalue weighted by Crippen LogP contribution is -2.39. The number of hydrogen-bond donors (Lipinski definition) is 1. The van der Waals surface area contributed by atoms with Gasteiger partial charge >= 0.3 is 0 Å². The zero-order valence-electron chi connectivity index (χ0n) is 9.93. The van der Waals surface area contributed by atoms with Crippen molar-refractivity contribution in [3.63, 3.8) is 0 Å². The fourth-order valence-corrected chi connectivity index (χ4v) is 2.58. The molecule has 0 aromatic heterocycles. The summed E-state index contributed by atoms with van der Waals surface area (Å²) in [5.74, 6) is -0.275. The maximum absolute atomic E-state index is 12.3. The summed E-state index contributed by atoms with van der Waals surface area (Å²) in [6, 6.07) is 6.19. The molecule has 1 aromatic carbocycles. The van der Waals surface area contributed by atoms with Crippen molar-refractivity contribution in [3.8, 4) is 6.07 Å². The minimum absolute atomic E-state index is 0.161. The Kier molecular flexibility index (Phi) is 3.55. The van der Waals surface area contributed by atoms with E-state index in [1.807, 2.05) is 6.92 Å². The number of benzene rings is 1. The molecule has 18 heavy (non-hydrogen) atoms. The molecular weight excluding hydrogens is 252 g/mol. The molecule has 94 valence electrons. The van der Waals surface area contributed by atoms with Crippen molar-refractivity contribution in [3.05, 3.63) is 34.3 Å². The number of rotatable bonds is 3. The molecule has 2 rings (SSSR count). The van der Waals surface area contributed by atoms with E-state index in [-0.39, 0.29) is 18.6 Å². The number of carbonyl (C=O) groups is 1. The second-order valence-electron chi connectivity index (χ2n) is 4.19. The predicted molar refractivity (Wildman–Crippen MR) is 67.1 cm³/mol. The van der Waals surface area contributed by atoms with Crippen LogP contribution in [0.4, 0.5) is 0 Å². The number of fused-ring (bicyclic) bond motifs is 1. The van der Waals surface area contributed by atoms with Gasteiger partial charge in [0.25, 0.3) is 5.91 Å². The van der Waals surface area contributed by atoms with E-state index in [9.17, 15) is 15.2 Å². The number of hydrogen-bond acceptors (Lipinski definition) is 3. The topological polar surface area (TPSA) is 64.3 Å². The van der Waals surface area contributed by atoms with Gasteiger partial charge in [-0.2, -0.15) is 5.26 Å². The van der Waals surface area contributed by atoms with Gasteiger partial charge in [0.05, 0.1) is 29.3 Å². The summed E-state index contributed by atoms with van der Waals surface area (Å²) < 4.78 is 0. The van der Waals surface area contributed by atoms with Crippen LogP contribution >= 0.6 is 11.6 Å². The Morgan fingerprint density at radius 1 is 1.61 bits per heavy atom. The smallest absolute Gasteiger partial charge is 0.257 e. The van der Waals surface area contributed by atoms with E-state index < -0.39 is 6.04 Å². The van der Waals surface area contributed by atoms with Crippen LogP contribution in [0.3, 0.4) is 0 Å². The molecule has 0 aliphatic carbocycles. The van der Waals surface area contributed by atoms with Gasteiger partial charge in [-0.05, 0) is 12.5 Å². The van der Waals surface area contributed by atoms with E-state index >= 15 is 0 Å². The largest absolute Gasteiger partial charge is 0.394 e. The number of carbonyl (C=O) groups excluding carboxylic acids is 1. The monoisotopic (exact) mass is 264 g/mol. The molecule has 1 amide bonds. The Morgan fingerprint density at radius 2 is 2.33 bits per heavy atom. The average Bonchev–Trinajstić information content (AvgIpc) is 2.66. The molecule has 1 aliphatic heterocycles. The van der Waals surface area contributed by atoms with E-state index in [1.54, 1.807) is 18.2 Å². The first-order valence-electron chi connectivity index (χ1n) is 5.77. The number of aliphatic hydroxyl groups excluding tert-OH is 1. The lowest BCUT2D eigenvalue weighted by molar-refractivity contribution is 0.0572. The lowest BCUT2D eigenvalue weighted by Gasteiger charge is -2.28. The Hall–Kier alpha value is -1.57. The van der Waals surface area contributed by atoms with Gasteiger partial charge in [-0.25, -0.2) is 0 Å². The summed E-state index contributed by atoms with van der Waals surface area (Å²) in [4.78, 5) is 13.8. The molecule has 1 N–H and O–H groups in total.